The van der Waals surface area contributed by atoms with E-state index in [1.807, 2.05) is 0 Å². The third kappa shape index (κ3) is 6.41. The van der Waals surface area contributed by atoms with Gasteiger partial charge in [-0.1, -0.05) is 0 Å². The first kappa shape index (κ1) is 35.9. The first-order valence-electron chi connectivity index (χ1n) is 15.1. The van der Waals surface area contributed by atoms with E-state index in [0.29, 0.717) is 0 Å². The van der Waals surface area contributed by atoms with E-state index in [4.69, 9.17) is 0 Å². The zero-order chi connectivity index (χ0) is 30.5. The molecule has 0 aromatic heterocycles. The molecule has 0 bridgehead atoms. The summed E-state index contributed by atoms with van der Waals surface area (Å²) in [5.74, 6) is 0. The molecule has 3 aromatic rings. The molecule has 2 nitrogen and oxygen atoms in total. The van der Waals surface area contributed by atoms with Crippen LogP contribution in [0, 0.1) is 47.0 Å². The third-order valence-corrected chi connectivity index (χ3v) is 11.2. The van der Waals surface area contributed by atoms with Crippen molar-refractivity contribution in [3.8, 4) is 0 Å². The molecule has 2 aliphatic rings. The molecule has 0 unspecified atom stereocenters. The van der Waals surface area contributed by atoms with E-state index in [2.05, 4.69) is 145 Å². The Morgan fingerprint density at radius 1 is 0.682 bits per heavy atom. The molecule has 1 heterocycles. The van der Waals surface area contributed by atoms with E-state index in [1.54, 1.807) is 0 Å². The molecule has 0 amide bonds. The number of nitrogens with zero attached hydrogens (tertiary/aromatic N) is 2. The average Bonchev–Trinajstić information content (AvgIpc) is 3.35. The number of anilines is 2. The van der Waals surface area contributed by atoms with Gasteiger partial charge in [0.1, 0.15) is 0 Å². The van der Waals surface area contributed by atoms with E-state index in [0.717, 1.165) is 13.1 Å². The molecule has 5 heteroatoms. The molecule has 0 N–H and O–H groups in total. The molecule has 3 aromatic carbocycles. The summed E-state index contributed by atoms with van der Waals surface area (Å²) in [5, 5.41) is 0. The quantitative estimate of drug-likeness (QED) is 0.384. The minimum Gasteiger partial charge on any atom is -1.00 e. The second-order valence-corrected chi connectivity index (χ2v) is 14.6. The molecule has 0 spiro atoms. The maximum Gasteiger partial charge on any atom is -1.00 e. The molecule has 1 aliphatic carbocycles. The fraction of sp³-hybridized carbons (Fsp3) is 0.359. The van der Waals surface area contributed by atoms with Crippen molar-refractivity contribution in [2.24, 2.45) is 5.41 Å². The Morgan fingerprint density at radius 2 is 1.14 bits per heavy atom. The Labute approximate surface area is 285 Å². The fourth-order valence-electron chi connectivity index (χ4n) is 7.33. The SMILES string of the molecule is CC1=C(C)C(C)(C)C(c2ccccc2C=[C]=[Ru]=[C]2N(c3c(C)cc(C)cc3C)CCN2c2c(C)cc(C)cc2C)=C1C.[Cl-].[Cl-]. The van der Waals surface area contributed by atoms with Crippen LogP contribution in [-0.4, -0.2) is 21.7 Å². The van der Waals surface area contributed by atoms with Crippen molar-refractivity contribution in [2.75, 3.05) is 22.9 Å². The molecule has 44 heavy (non-hydrogen) atoms. The first-order chi connectivity index (χ1) is 19.8. The van der Waals surface area contributed by atoms with E-state index in [9.17, 15) is 0 Å². The van der Waals surface area contributed by atoms with Gasteiger partial charge in [0.2, 0.25) is 0 Å². The summed E-state index contributed by atoms with van der Waals surface area (Å²) in [7, 11) is 0. The van der Waals surface area contributed by atoms with Crippen LogP contribution >= 0.6 is 0 Å². The Bertz CT molecular complexity index is 1670. The van der Waals surface area contributed by atoms with Gasteiger partial charge in [-0.15, -0.1) is 0 Å². The molecule has 1 saturated heterocycles. The van der Waals surface area contributed by atoms with Gasteiger partial charge < -0.3 is 24.8 Å². The van der Waals surface area contributed by atoms with Gasteiger partial charge in [0.15, 0.2) is 0 Å². The van der Waals surface area contributed by atoms with Gasteiger partial charge in [-0.3, -0.25) is 0 Å². The Kier molecular flexibility index (Phi) is 11.3. The summed E-state index contributed by atoms with van der Waals surface area (Å²) in [4.78, 5) is 5.19. The van der Waals surface area contributed by atoms with Crippen LogP contribution < -0.4 is 34.6 Å². The number of aryl methyl sites for hydroxylation is 6. The van der Waals surface area contributed by atoms with Crippen LogP contribution in [0.1, 0.15) is 79.1 Å². The summed E-state index contributed by atoms with van der Waals surface area (Å²) in [6, 6.07) is 18.2. The van der Waals surface area contributed by atoms with Gasteiger partial charge in [0.25, 0.3) is 0 Å². The topological polar surface area (TPSA) is 6.48 Å². The second kappa shape index (κ2) is 13.8. The predicted molar refractivity (Wildman–Crippen MR) is 182 cm³/mol. The van der Waals surface area contributed by atoms with Gasteiger partial charge in [0, 0.05) is 0 Å². The first-order valence-corrected chi connectivity index (χ1v) is 16.8. The molecule has 0 atom stereocenters. The van der Waals surface area contributed by atoms with Crippen LogP contribution in [0.15, 0.2) is 65.3 Å². The summed E-state index contributed by atoms with van der Waals surface area (Å²) in [6.07, 6.45) is 2.28. The van der Waals surface area contributed by atoms with Crippen molar-refractivity contribution in [3.63, 3.8) is 0 Å². The summed E-state index contributed by atoms with van der Waals surface area (Å²) >= 11 is -0.312. The predicted octanol–water partition coefficient (Wildman–Crippen LogP) is 3.31. The monoisotopic (exact) mass is 714 g/mol. The maximum atomic E-state index is 3.88. The molecule has 0 radical (unpaired) electrons. The van der Waals surface area contributed by atoms with Crippen LogP contribution in [0.25, 0.3) is 11.6 Å². The molecular weight excluding hydrogens is 668 g/mol. The fourth-order valence-corrected chi connectivity index (χ4v) is 9.19. The van der Waals surface area contributed by atoms with E-state index in [-0.39, 0.29) is 46.5 Å². The molecule has 1 fully saturated rings. The maximum absolute atomic E-state index is 3.88. The molecule has 1 aliphatic heterocycles. The van der Waals surface area contributed by atoms with Gasteiger partial charge in [-0.05, 0) is 0 Å². The van der Waals surface area contributed by atoms with Gasteiger partial charge >= 0.3 is 262 Å². The van der Waals surface area contributed by atoms with E-state index >= 15 is 0 Å². The van der Waals surface area contributed by atoms with Crippen LogP contribution in [0.3, 0.4) is 0 Å². The number of rotatable bonds is 4. The van der Waals surface area contributed by atoms with Crippen molar-refractivity contribution in [3.05, 3.63) is 110 Å². The second-order valence-electron chi connectivity index (χ2n) is 12.9. The number of hydrogen-bond acceptors (Lipinski definition) is 2. The van der Waals surface area contributed by atoms with Crippen molar-refractivity contribution < 1.29 is 41.0 Å². The van der Waals surface area contributed by atoms with Crippen molar-refractivity contribution >= 4 is 31.6 Å². The molecular formula is C39H46Cl2N2Ru-2. The molecule has 236 valence electrons. The number of benzene rings is 3. The minimum absolute atomic E-state index is 0. The van der Waals surface area contributed by atoms with Crippen LogP contribution in [0.4, 0.5) is 11.4 Å². The van der Waals surface area contributed by atoms with Crippen molar-refractivity contribution in [1.82, 2.24) is 0 Å². The minimum atomic E-state index is -0.312. The average molecular weight is 715 g/mol. The third-order valence-electron chi connectivity index (χ3n) is 9.42. The molecule has 0 saturated carbocycles. The van der Waals surface area contributed by atoms with Gasteiger partial charge in [-0.2, -0.15) is 0 Å². The number of allylic oxidation sites excluding steroid dienone is 4. The van der Waals surface area contributed by atoms with Gasteiger partial charge in [-0.25, -0.2) is 0 Å². The molecule has 5 rings (SSSR count). The van der Waals surface area contributed by atoms with Crippen LogP contribution in [-0.2, 0) is 16.2 Å². The Balaban J connectivity index is 0.00000264. The summed E-state index contributed by atoms with van der Waals surface area (Å²) in [6.45, 7) is 27.0. The van der Waals surface area contributed by atoms with Gasteiger partial charge in [0.05, 0.1) is 0 Å². The van der Waals surface area contributed by atoms with Crippen LogP contribution in [0.2, 0.25) is 0 Å². The largest absolute Gasteiger partial charge is 1.00 e. The van der Waals surface area contributed by atoms with E-state index < -0.39 is 0 Å². The Morgan fingerprint density at radius 3 is 1.57 bits per heavy atom. The summed E-state index contributed by atoms with van der Waals surface area (Å²) < 4.78 is 5.28. The Hall–Kier alpha value is -2.54. The van der Waals surface area contributed by atoms with E-state index in [1.165, 1.54) is 82.5 Å². The van der Waals surface area contributed by atoms with Crippen molar-refractivity contribution in [2.45, 2.75) is 76.2 Å². The van der Waals surface area contributed by atoms with Crippen molar-refractivity contribution in [1.29, 1.82) is 0 Å². The normalized spacial score (nSPS) is 15.8. The van der Waals surface area contributed by atoms with Crippen LogP contribution in [0.5, 0.6) is 0 Å². The standard InChI is InChI=1S/C21H26N2.C18H20.2ClH.Ru/c1-14-9-16(3)20(17(4)10-14)22-7-8-23(13-22)21-18(5)11-15(2)12-19(21)6;1-7-15-10-8-9-11-16(15)17-13(3)12(2)14(4)18(17,5)6;;;/h9-12H,7-8H2,1-6H3;7-11H,2-6H3;2*1H;/p-2. The smallest absolute Gasteiger partial charge is 1.00 e. The number of hydrogen-bond donors (Lipinski definition) is 0. The zero-order valence-corrected chi connectivity index (χ0v) is 31.4. The zero-order valence-electron chi connectivity index (χ0n) is 28.1. The summed E-state index contributed by atoms with van der Waals surface area (Å²) in [5.41, 5.74) is 19.2. The number of halogens is 2.